The fraction of sp³-hybridized carbons (Fsp3) is 0.900. The van der Waals surface area contributed by atoms with E-state index in [0.29, 0.717) is 5.92 Å². The van der Waals surface area contributed by atoms with Crippen molar-refractivity contribution in [2.24, 2.45) is 5.92 Å². The van der Waals surface area contributed by atoms with E-state index in [1.807, 2.05) is 11.8 Å². The van der Waals surface area contributed by atoms with Crippen LogP contribution in [0.15, 0.2) is 0 Å². The molecule has 1 atom stereocenters. The summed E-state index contributed by atoms with van der Waals surface area (Å²) in [6.07, 6.45) is 3.11. The van der Waals surface area contributed by atoms with Gasteiger partial charge >= 0.3 is 94.0 Å². The molecule has 0 aromatic heterocycles. The van der Waals surface area contributed by atoms with E-state index >= 15 is 0 Å². The Morgan fingerprint density at radius 3 is 2.54 bits per heavy atom. The van der Waals surface area contributed by atoms with Gasteiger partial charge in [0.15, 0.2) is 0 Å². The Kier molecular flexibility index (Phi) is 8.48. The van der Waals surface area contributed by atoms with Crippen LogP contribution in [-0.2, 0) is 0 Å². The summed E-state index contributed by atoms with van der Waals surface area (Å²) in [6.45, 7) is 6.30. The van der Waals surface area contributed by atoms with Crippen LogP contribution in [-0.4, -0.2) is 36.3 Å². The minimum absolute atomic E-state index is 0.189. The van der Waals surface area contributed by atoms with Gasteiger partial charge in [0.2, 0.25) is 0 Å². The summed E-state index contributed by atoms with van der Waals surface area (Å²) in [5, 5.41) is 9.60. The van der Waals surface area contributed by atoms with Crippen LogP contribution in [0.4, 0.5) is 0 Å². The van der Waals surface area contributed by atoms with Crippen molar-refractivity contribution in [2.75, 3.05) is 5.75 Å². The third-order valence-corrected chi connectivity index (χ3v) is 3.98. The first-order chi connectivity index (χ1) is 6.07. The van der Waals surface area contributed by atoms with Crippen molar-refractivity contribution in [1.29, 1.82) is 0 Å². The van der Waals surface area contributed by atoms with Crippen LogP contribution in [0.5, 0.6) is 0 Å². The molecule has 0 saturated carbocycles. The third kappa shape index (κ3) is 7.75. The molecular formula is C10H20OSSe. The van der Waals surface area contributed by atoms with Gasteiger partial charge in [0.1, 0.15) is 0 Å². The minimum atomic E-state index is -0.189. The van der Waals surface area contributed by atoms with Crippen LogP contribution in [0.3, 0.4) is 0 Å². The molecule has 0 aromatic carbocycles. The monoisotopic (exact) mass is 268 g/mol. The predicted octanol–water partition coefficient (Wildman–Crippen LogP) is 2.23. The Morgan fingerprint density at radius 1 is 1.46 bits per heavy atom. The maximum absolute atomic E-state index is 9.60. The second kappa shape index (κ2) is 8.04. The zero-order valence-electron chi connectivity index (χ0n) is 8.75. The van der Waals surface area contributed by atoms with Crippen LogP contribution in [0.25, 0.3) is 0 Å². The van der Waals surface area contributed by atoms with Gasteiger partial charge in [-0.3, -0.25) is 0 Å². The summed E-state index contributed by atoms with van der Waals surface area (Å²) < 4.78 is 1.25. The summed E-state index contributed by atoms with van der Waals surface area (Å²) in [7, 11) is 0. The molecule has 0 rings (SSSR count). The molecule has 78 valence electrons. The molecule has 0 aliphatic carbocycles. The Hall–Kier alpha value is 0.699. The number of rotatable bonds is 7. The van der Waals surface area contributed by atoms with E-state index in [4.69, 9.17) is 0 Å². The van der Waals surface area contributed by atoms with Gasteiger partial charge in [-0.25, -0.2) is 0 Å². The standard InChI is InChI=1S/C10H20OSSe/c1-4-5-6-12-10(13)7-9(11)8(2)3/h8-9,11H,4-7H2,1-3H3. The Bertz CT molecular complexity index is 148. The van der Waals surface area contributed by atoms with Crippen LogP contribution in [0, 0.1) is 5.92 Å². The van der Waals surface area contributed by atoms with Crippen molar-refractivity contribution in [1.82, 2.24) is 0 Å². The Morgan fingerprint density at radius 2 is 2.08 bits per heavy atom. The molecule has 1 N–H and O–H groups in total. The molecule has 0 bridgehead atoms. The molecule has 0 fully saturated rings. The van der Waals surface area contributed by atoms with Crippen LogP contribution in [0.1, 0.15) is 40.0 Å². The predicted molar refractivity (Wildman–Crippen MR) is 63.6 cm³/mol. The van der Waals surface area contributed by atoms with Crippen LogP contribution >= 0.6 is 11.8 Å². The van der Waals surface area contributed by atoms with Crippen molar-refractivity contribution in [2.45, 2.75) is 46.1 Å². The normalized spacial score (nSPS) is 13.3. The molecular weight excluding hydrogens is 247 g/mol. The first-order valence-electron chi connectivity index (χ1n) is 4.91. The van der Waals surface area contributed by atoms with Gasteiger partial charge < -0.3 is 0 Å². The molecule has 0 radical (unpaired) electrons. The quantitative estimate of drug-likeness (QED) is 0.564. The molecule has 0 aliphatic heterocycles. The van der Waals surface area contributed by atoms with Crippen LogP contribution < -0.4 is 0 Å². The van der Waals surface area contributed by atoms with E-state index in [2.05, 4.69) is 36.3 Å². The zero-order valence-corrected chi connectivity index (χ0v) is 11.3. The first kappa shape index (κ1) is 13.7. The maximum atomic E-state index is 9.60. The van der Waals surface area contributed by atoms with E-state index in [1.165, 1.54) is 22.3 Å². The van der Waals surface area contributed by atoms with E-state index < -0.39 is 0 Å². The SMILES string of the molecule is CCCCSC(=[Se])CC(O)C(C)C. The molecule has 0 aromatic rings. The van der Waals surface area contributed by atoms with Gasteiger partial charge in [-0.1, -0.05) is 0 Å². The molecule has 1 unspecified atom stereocenters. The van der Waals surface area contributed by atoms with Crippen molar-refractivity contribution in [3.63, 3.8) is 0 Å². The van der Waals surface area contributed by atoms with Gasteiger partial charge in [-0.15, -0.1) is 0 Å². The summed E-state index contributed by atoms with van der Waals surface area (Å²) in [4.78, 5) is 0. The van der Waals surface area contributed by atoms with Gasteiger partial charge in [0, 0.05) is 0 Å². The third-order valence-electron chi connectivity index (χ3n) is 1.91. The molecule has 0 amide bonds. The van der Waals surface area contributed by atoms with Gasteiger partial charge in [0.05, 0.1) is 0 Å². The molecule has 0 spiro atoms. The topological polar surface area (TPSA) is 20.2 Å². The second-order valence-corrected chi connectivity index (χ2v) is 6.40. The Labute approximate surface area is 94.0 Å². The average molecular weight is 267 g/mol. The van der Waals surface area contributed by atoms with Gasteiger partial charge in [0.25, 0.3) is 0 Å². The number of unbranched alkanes of at least 4 members (excludes halogenated alkanes) is 1. The number of hydrogen-bond acceptors (Lipinski definition) is 2. The molecule has 13 heavy (non-hydrogen) atoms. The number of aliphatic hydroxyl groups excluding tert-OH is 1. The average Bonchev–Trinajstić information content (AvgIpc) is 2.04. The molecule has 0 aliphatic rings. The van der Waals surface area contributed by atoms with Crippen molar-refractivity contribution < 1.29 is 5.11 Å². The summed E-state index contributed by atoms with van der Waals surface area (Å²) >= 11 is 4.89. The number of aliphatic hydroxyl groups is 1. The molecule has 0 saturated heterocycles. The van der Waals surface area contributed by atoms with E-state index in [1.54, 1.807) is 0 Å². The van der Waals surface area contributed by atoms with Crippen molar-refractivity contribution in [3.05, 3.63) is 0 Å². The molecule has 3 heteroatoms. The summed E-state index contributed by atoms with van der Waals surface area (Å²) in [5.74, 6) is 1.53. The van der Waals surface area contributed by atoms with E-state index in [9.17, 15) is 5.11 Å². The van der Waals surface area contributed by atoms with Crippen molar-refractivity contribution >= 4 is 31.1 Å². The zero-order chi connectivity index (χ0) is 10.3. The number of thioether (sulfide) groups is 1. The van der Waals surface area contributed by atoms with Crippen LogP contribution in [0.2, 0.25) is 0 Å². The number of hydrogen-bond donors (Lipinski definition) is 1. The van der Waals surface area contributed by atoms with Crippen molar-refractivity contribution in [3.8, 4) is 0 Å². The summed E-state index contributed by atoms with van der Waals surface area (Å²) in [5.41, 5.74) is 0. The molecule has 0 heterocycles. The second-order valence-electron chi connectivity index (χ2n) is 3.59. The van der Waals surface area contributed by atoms with Gasteiger partial charge in [-0.2, -0.15) is 0 Å². The van der Waals surface area contributed by atoms with Gasteiger partial charge in [-0.05, 0) is 0 Å². The molecule has 1 nitrogen and oxygen atoms in total. The van der Waals surface area contributed by atoms with E-state index in [-0.39, 0.29) is 6.10 Å². The first-order valence-corrected chi connectivity index (χ1v) is 6.75. The fourth-order valence-electron chi connectivity index (χ4n) is 0.796. The summed E-state index contributed by atoms with van der Waals surface area (Å²) in [6, 6.07) is 0. The van der Waals surface area contributed by atoms with E-state index in [0.717, 1.165) is 6.42 Å². The fourth-order valence-corrected chi connectivity index (χ4v) is 2.63. The Balaban J connectivity index is 3.50.